The highest BCUT2D eigenvalue weighted by Crippen LogP contribution is 2.19. The third kappa shape index (κ3) is 3.78. The molecule has 1 aromatic heterocycles. The fourth-order valence-corrected chi connectivity index (χ4v) is 2.64. The number of benzene rings is 1. The summed E-state index contributed by atoms with van der Waals surface area (Å²) in [5.74, 6) is 0.897. The predicted molar refractivity (Wildman–Crippen MR) is 79.7 cm³/mol. The number of nitrogens with zero attached hydrogens (tertiary/aromatic N) is 1. The molecule has 2 aromatic rings. The molecular formula is C15H20N2OS. The molecule has 1 atom stereocenters. The van der Waals surface area contributed by atoms with Crippen LogP contribution in [-0.4, -0.2) is 11.6 Å². The fraction of sp³-hybridized carbons (Fsp3) is 0.400. The molecule has 0 aliphatic heterocycles. The van der Waals surface area contributed by atoms with E-state index in [0.717, 1.165) is 29.8 Å². The van der Waals surface area contributed by atoms with Gasteiger partial charge in [0.05, 0.1) is 17.8 Å². The minimum absolute atomic E-state index is 0.119. The number of ether oxygens (including phenoxy) is 1. The quantitative estimate of drug-likeness (QED) is 0.878. The summed E-state index contributed by atoms with van der Waals surface area (Å²) >= 11 is 1.69. The van der Waals surface area contributed by atoms with Crippen molar-refractivity contribution >= 4 is 11.3 Å². The summed E-state index contributed by atoms with van der Waals surface area (Å²) in [6, 6.07) is 8.19. The fourth-order valence-electron chi connectivity index (χ4n) is 1.87. The van der Waals surface area contributed by atoms with Crippen LogP contribution in [0.3, 0.4) is 0 Å². The van der Waals surface area contributed by atoms with Crippen molar-refractivity contribution in [3.8, 4) is 5.75 Å². The van der Waals surface area contributed by atoms with Gasteiger partial charge < -0.3 is 10.5 Å². The van der Waals surface area contributed by atoms with E-state index in [9.17, 15) is 0 Å². The Bertz CT molecular complexity index is 507. The number of thiazole rings is 1. The molecule has 1 aromatic carbocycles. The molecule has 0 fully saturated rings. The van der Waals surface area contributed by atoms with Gasteiger partial charge in [0.15, 0.2) is 0 Å². The van der Waals surface area contributed by atoms with Gasteiger partial charge in [0.2, 0.25) is 0 Å². The number of nitrogens with two attached hydrogens (primary N) is 1. The number of aryl methyl sites for hydroxylation is 1. The molecule has 0 aliphatic carbocycles. The monoisotopic (exact) mass is 276 g/mol. The van der Waals surface area contributed by atoms with E-state index in [-0.39, 0.29) is 6.04 Å². The molecule has 19 heavy (non-hydrogen) atoms. The maximum Gasteiger partial charge on any atom is 0.119 e. The van der Waals surface area contributed by atoms with Gasteiger partial charge in [-0.15, -0.1) is 11.3 Å². The van der Waals surface area contributed by atoms with E-state index in [0.29, 0.717) is 6.61 Å². The van der Waals surface area contributed by atoms with E-state index in [1.165, 1.54) is 4.88 Å². The van der Waals surface area contributed by atoms with E-state index in [4.69, 9.17) is 10.5 Å². The zero-order valence-electron chi connectivity index (χ0n) is 11.4. The first-order chi connectivity index (χ1) is 9.20. The van der Waals surface area contributed by atoms with E-state index < -0.39 is 0 Å². The number of aromatic nitrogens is 1. The minimum Gasteiger partial charge on any atom is -0.493 e. The Morgan fingerprint density at radius 1 is 1.32 bits per heavy atom. The molecule has 0 aliphatic rings. The molecule has 0 saturated carbocycles. The van der Waals surface area contributed by atoms with Crippen molar-refractivity contribution in [2.24, 2.45) is 5.73 Å². The Labute approximate surface area is 118 Å². The highest BCUT2D eigenvalue weighted by Gasteiger charge is 2.04. The molecule has 102 valence electrons. The van der Waals surface area contributed by atoms with Crippen LogP contribution in [0.5, 0.6) is 5.75 Å². The van der Waals surface area contributed by atoms with Gasteiger partial charge in [0.25, 0.3) is 0 Å². The topological polar surface area (TPSA) is 48.1 Å². The first-order valence-electron chi connectivity index (χ1n) is 6.58. The highest BCUT2D eigenvalue weighted by atomic mass is 32.1. The molecule has 0 unspecified atom stereocenters. The van der Waals surface area contributed by atoms with Crippen molar-refractivity contribution in [3.05, 3.63) is 45.9 Å². The third-order valence-electron chi connectivity index (χ3n) is 3.19. The largest absolute Gasteiger partial charge is 0.493 e. The molecule has 4 heteroatoms. The van der Waals surface area contributed by atoms with E-state index in [2.05, 4.69) is 11.9 Å². The van der Waals surface area contributed by atoms with Crippen molar-refractivity contribution in [2.45, 2.75) is 32.7 Å². The lowest BCUT2D eigenvalue weighted by Gasteiger charge is -2.10. The van der Waals surface area contributed by atoms with E-state index >= 15 is 0 Å². The molecule has 0 bridgehead atoms. The van der Waals surface area contributed by atoms with E-state index in [1.54, 1.807) is 11.3 Å². The Morgan fingerprint density at radius 2 is 2.05 bits per heavy atom. The minimum atomic E-state index is 0.119. The van der Waals surface area contributed by atoms with Crippen LogP contribution in [-0.2, 0) is 6.42 Å². The average molecular weight is 276 g/mol. The summed E-state index contributed by atoms with van der Waals surface area (Å²) in [6.45, 7) is 4.81. The van der Waals surface area contributed by atoms with Crippen LogP contribution in [0.2, 0.25) is 0 Å². The van der Waals surface area contributed by atoms with Crippen molar-refractivity contribution in [2.75, 3.05) is 6.61 Å². The van der Waals surface area contributed by atoms with Gasteiger partial charge >= 0.3 is 0 Å². The summed E-state index contributed by atoms with van der Waals surface area (Å²) in [6.07, 6.45) is 1.86. The maximum atomic E-state index is 5.98. The SMILES string of the molecule is CC[C@@H](N)c1ccc(OCCc2scnc2C)cc1. The average Bonchev–Trinajstić information content (AvgIpc) is 2.84. The van der Waals surface area contributed by atoms with Crippen LogP contribution in [0.4, 0.5) is 0 Å². The van der Waals surface area contributed by atoms with Crippen molar-refractivity contribution in [1.29, 1.82) is 0 Å². The lowest BCUT2D eigenvalue weighted by atomic mass is 10.1. The second kappa shape index (κ2) is 6.68. The highest BCUT2D eigenvalue weighted by molar-refractivity contribution is 7.09. The van der Waals surface area contributed by atoms with Crippen molar-refractivity contribution < 1.29 is 4.74 Å². The van der Waals surface area contributed by atoms with Crippen molar-refractivity contribution in [3.63, 3.8) is 0 Å². The molecule has 0 amide bonds. The van der Waals surface area contributed by atoms with Crippen LogP contribution < -0.4 is 10.5 Å². The number of hydrogen-bond donors (Lipinski definition) is 1. The zero-order valence-corrected chi connectivity index (χ0v) is 12.2. The van der Waals surface area contributed by atoms with E-state index in [1.807, 2.05) is 36.7 Å². The van der Waals surface area contributed by atoms with Crippen LogP contribution >= 0.6 is 11.3 Å². The summed E-state index contributed by atoms with van der Waals surface area (Å²) in [5, 5.41) is 0. The lowest BCUT2D eigenvalue weighted by Crippen LogP contribution is -2.08. The smallest absolute Gasteiger partial charge is 0.119 e. The standard InChI is InChI=1S/C15H20N2OS/c1-3-14(16)12-4-6-13(7-5-12)18-9-8-15-11(2)17-10-19-15/h4-7,10,14H,3,8-9,16H2,1-2H3/t14-/m1/s1. The second-order valence-electron chi connectivity index (χ2n) is 4.54. The van der Waals surface area contributed by atoms with Gasteiger partial charge in [-0.3, -0.25) is 0 Å². The summed E-state index contributed by atoms with van der Waals surface area (Å²) in [7, 11) is 0. The molecule has 0 saturated heterocycles. The first kappa shape index (κ1) is 14.0. The number of rotatable bonds is 6. The van der Waals surface area contributed by atoms with Gasteiger partial charge in [0.1, 0.15) is 5.75 Å². The maximum absolute atomic E-state index is 5.98. The molecule has 0 spiro atoms. The van der Waals surface area contributed by atoms with Gasteiger partial charge in [-0.25, -0.2) is 4.98 Å². The summed E-state index contributed by atoms with van der Waals surface area (Å²) < 4.78 is 5.74. The van der Waals surface area contributed by atoms with Crippen LogP contribution in [0, 0.1) is 6.92 Å². The first-order valence-corrected chi connectivity index (χ1v) is 7.46. The van der Waals surface area contributed by atoms with Gasteiger partial charge in [0, 0.05) is 17.3 Å². The molecule has 1 heterocycles. The normalized spacial score (nSPS) is 12.4. The van der Waals surface area contributed by atoms with Crippen LogP contribution in [0.25, 0.3) is 0 Å². The summed E-state index contributed by atoms with van der Waals surface area (Å²) in [5.41, 5.74) is 10.1. The van der Waals surface area contributed by atoms with Gasteiger partial charge in [-0.2, -0.15) is 0 Å². The Balaban J connectivity index is 1.85. The predicted octanol–water partition coefficient (Wildman–Crippen LogP) is 3.48. The molecular weight excluding hydrogens is 256 g/mol. The molecule has 2 N–H and O–H groups in total. The molecule has 2 rings (SSSR count). The Morgan fingerprint density at radius 3 is 2.63 bits per heavy atom. The van der Waals surface area contributed by atoms with Gasteiger partial charge in [-0.05, 0) is 31.0 Å². The zero-order chi connectivity index (χ0) is 13.7. The Kier molecular flexibility index (Phi) is 4.93. The Hall–Kier alpha value is -1.39. The van der Waals surface area contributed by atoms with Crippen LogP contribution in [0.15, 0.2) is 29.8 Å². The van der Waals surface area contributed by atoms with Crippen molar-refractivity contribution in [1.82, 2.24) is 4.98 Å². The summed E-state index contributed by atoms with van der Waals surface area (Å²) in [4.78, 5) is 5.53. The third-order valence-corrected chi connectivity index (χ3v) is 4.19. The van der Waals surface area contributed by atoms with Gasteiger partial charge in [-0.1, -0.05) is 19.1 Å². The number of hydrogen-bond acceptors (Lipinski definition) is 4. The lowest BCUT2D eigenvalue weighted by molar-refractivity contribution is 0.322. The second-order valence-corrected chi connectivity index (χ2v) is 5.48. The molecule has 0 radical (unpaired) electrons. The van der Waals surface area contributed by atoms with Crippen LogP contribution in [0.1, 0.15) is 35.5 Å². The molecule has 3 nitrogen and oxygen atoms in total.